The van der Waals surface area contributed by atoms with Crippen molar-refractivity contribution in [1.82, 2.24) is 10.3 Å². The van der Waals surface area contributed by atoms with E-state index in [0.29, 0.717) is 0 Å². The minimum atomic E-state index is -0.145. The molecule has 2 unspecified atom stereocenters. The fourth-order valence-corrected chi connectivity index (χ4v) is 3.73. The summed E-state index contributed by atoms with van der Waals surface area (Å²) < 4.78 is 5.39. The number of hydrogen-bond acceptors (Lipinski definition) is 5. The fourth-order valence-electron chi connectivity index (χ4n) is 2.66. The average molecular weight is 278 g/mol. The van der Waals surface area contributed by atoms with Crippen molar-refractivity contribution in [2.24, 2.45) is 0 Å². The van der Waals surface area contributed by atoms with Crippen molar-refractivity contribution in [3.63, 3.8) is 0 Å². The van der Waals surface area contributed by atoms with E-state index in [1.807, 2.05) is 12.1 Å². The summed E-state index contributed by atoms with van der Waals surface area (Å²) in [5, 5.41) is 14.2. The molecule has 0 spiro atoms. The number of aliphatic hydroxyl groups excluding tert-OH is 1. The molecule has 0 saturated heterocycles. The SMILES string of the molecule is Cc1nc2c(s1)C(NC(CO)c1ccco1)CCC2. The van der Waals surface area contributed by atoms with Crippen LogP contribution in [0.15, 0.2) is 22.8 Å². The Morgan fingerprint density at radius 2 is 2.53 bits per heavy atom. The van der Waals surface area contributed by atoms with Gasteiger partial charge in [0.05, 0.1) is 29.6 Å². The first-order valence-corrected chi connectivity index (χ1v) is 7.46. The molecule has 5 heteroatoms. The Kier molecular flexibility index (Phi) is 3.68. The van der Waals surface area contributed by atoms with E-state index in [1.54, 1.807) is 17.6 Å². The van der Waals surface area contributed by atoms with E-state index in [2.05, 4.69) is 17.2 Å². The predicted molar refractivity (Wildman–Crippen MR) is 74.2 cm³/mol. The first kappa shape index (κ1) is 12.8. The molecule has 2 N–H and O–H groups in total. The molecule has 0 aliphatic heterocycles. The summed E-state index contributed by atoms with van der Waals surface area (Å²) in [4.78, 5) is 5.92. The van der Waals surface area contributed by atoms with Crippen molar-refractivity contribution in [2.75, 3.05) is 6.61 Å². The van der Waals surface area contributed by atoms with Crippen LogP contribution in [-0.4, -0.2) is 16.7 Å². The zero-order valence-corrected chi connectivity index (χ0v) is 11.7. The van der Waals surface area contributed by atoms with Gasteiger partial charge in [-0.15, -0.1) is 11.3 Å². The van der Waals surface area contributed by atoms with Crippen LogP contribution in [0.2, 0.25) is 0 Å². The van der Waals surface area contributed by atoms with Crippen LogP contribution in [0, 0.1) is 6.92 Å². The first-order valence-electron chi connectivity index (χ1n) is 6.64. The van der Waals surface area contributed by atoms with Gasteiger partial charge in [0, 0.05) is 10.9 Å². The van der Waals surface area contributed by atoms with Gasteiger partial charge in [0.1, 0.15) is 5.76 Å². The highest BCUT2D eigenvalue weighted by molar-refractivity contribution is 7.11. The highest BCUT2D eigenvalue weighted by atomic mass is 32.1. The van der Waals surface area contributed by atoms with Gasteiger partial charge in [-0.25, -0.2) is 4.98 Å². The third-order valence-corrected chi connectivity index (χ3v) is 4.66. The Morgan fingerprint density at radius 3 is 3.26 bits per heavy atom. The van der Waals surface area contributed by atoms with E-state index >= 15 is 0 Å². The van der Waals surface area contributed by atoms with E-state index in [1.165, 1.54) is 10.6 Å². The molecule has 0 radical (unpaired) electrons. The summed E-state index contributed by atoms with van der Waals surface area (Å²) in [6, 6.07) is 3.88. The fraction of sp³-hybridized carbons (Fsp3) is 0.500. The van der Waals surface area contributed by atoms with Crippen LogP contribution in [0.1, 0.15) is 46.3 Å². The summed E-state index contributed by atoms with van der Waals surface area (Å²) in [7, 11) is 0. The Morgan fingerprint density at radius 1 is 1.63 bits per heavy atom. The number of nitrogens with one attached hydrogen (secondary N) is 1. The zero-order chi connectivity index (χ0) is 13.2. The highest BCUT2D eigenvalue weighted by Gasteiger charge is 2.27. The predicted octanol–water partition coefficient (Wildman–Crippen LogP) is 2.75. The van der Waals surface area contributed by atoms with Gasteiger partial charge in [-0.3, -0.25) is 5.32 Å². The normalized spacial score (nSPS) is 20.2. The van der Waals surface area contributed by atoms with E-state index in [-0.39, 0.29) is 18.7 Å². The molecule has 4 nitrogen and oxygen atoms in total. The Bertz CT molecular complexity index is 536. The van der Waals surface area contributed by atoms with Crippen LogP contribution in [0.3, 0.4) is 0 Å². The number of fused-ring (bicyclic) bond motifs is 1. The molecule has 2 heterocycles. The summed E-state index contributed by atoms with van der Waals surface area (Å²) in [6.45, 7) is 2.09. The van der Waals surface area contributed by atoms with Crippen LogP contribution in [0.25, 0.3) is 0 Å². The van der Waals surface area contributed by atoms with Gasteiger partial charge >= 0.3 is 0 Å². The van der Waals surface area contributed by atoms with Crippen LogP contribution in [-0.2, 0) is 6.42 Å². The lowest BCUT2D eigenvalue weighted by molar-refractivity contribution is 0.211. The number of rotatable bonds is 4. The van der Waals surface area contributed by atoms with Crippen LogP contribution >= 0.6 is 11.3 Å². The van der Waals surface area contributed by atoms with Crippen LogP contribution in [0.5, 0.6) is 0 Å². The molecular weight excluding hydrogens is 260 g/mol. The molecule has 0 amide bonds. The molecule has 102 valence electrons. The van der Waals surface area contributed by atoms with E-state index in [9.17, 15) is 5.11 Å². The smallest absolute Gasteiger partial charge is 0.123 e. The van der Waals surface area contributed by atoms with E-state index in [0.717, 1.165) is 30.0 Å². The molecule has 0 aromatic carbocycles. The number of aromatic nitrogens is 1. The van der Waals surface area contributed by atoms with E-state index in [4.69, 9.17) is 4.42 Å². The highest BCUT2D eigenvalue weighted by Crippen LogP contribution is 2.35. The lowest BCUT2D eigenvalue weighted by Crippen LogP contribution is -2.30. The molecule has 2 atom stereocenters. The number of nitrogens with zero attached hydrogens (tertiary/aromatic N) is 1. The molecule has 0 fully saturated rings. The lowest BCUT2D eigenvalue weighted by Gasteiger charge is -2.26. The second-order valence-corrected chi connectivity index (χ2v) is 6.14. The molecule has 1 aliphatic rings. The van der Waals surface area contributed by atoms with Crippen LogP contribution < -0.4 is 5.32 Å². The van der Waals surface area contributed by atoms with Crippen molar-refractivity contribution in [2.45, 2.75) is 38.3 Å². The lowest BCUT2D eigenvalue weighted by atomic mass is 9.97. The number of aryl methyl sites for hydroxylation is 2. The van der Waals surface area contributed by atoms with Gasteiger partial charge in [-0.1, -0.05) is 0 Å². The number of aliphatic hydroxyl groups is 1. The summed E-state index contributed by atoms with van der Waals surface area (Å²) in [5.74, 6) is 0.788. The topological polar surface area (TPSA) is 58.3 Å². The molecule has 0 bridgehead atoms. The van der Waals surface area contributed by atoms with Gasteiger partial charge in [-0.2, -0.15) is 0 Å². The van der Waals surface area contributed by atoms with Gasteiger partial charge < -0.3 is 9.52 Å². The Balaban J connectivity index is 1.80. The van der Waals surface area contributed by atoms with Crippen molar-refractivity contribution in [1.29, 1.82) is 0 Å². The maximum atomic E-state index is 9.55. The molecule has 0 saturated carbocycles. The molecule has 3 rings (SSSR count). The standard InChI is InChI=1S/C14H18N2O2S/c1-9-15-10-4-2-5-11(14(10)19-9)16-12(8-17)13-6-3-7-18-13/h3,6-7,11-12,16-17H,2,4-5,8H2,1H3. The molecular formula is C14H18N2O2S. The van der Waals surface area contributed by atoms with E-state index < -0.39 is 0 Å². The quantitative estimate of drug-likeness (QED) is 0.903. The minimum absolute atomic E-state index is 0.0388. The maximum Gasteiger partial charge on any atom is 0.123 e. The van der Waals surface area contributed by atoms with Crippen molar-refractivity contribution in [3.8, 4) is 0 Å². The second-order valence-electron chi connectivity index (χ2n) is 4.91. The van der Waals surface area contributed by atoms with Gasteiger partial charge in [0.15, 0.2) is 0 Å². The number of thiazole rings is 1. The Hall–Kier alpha value is -1.17. The molecule has 19 heavy (non-hydrogen) atoms. The van der Waals surface area contributed by atoms with Crippen LogP contribution in [0.4, 0.5) is 0 Å². The third kappa shape index (κ3) is 2.59. The largest absolute Gasteiger partial charge is 0.468 e. The summed E-state index contributed by atoms with van der Waals surface area (Å²) >= 11 is 1.76. The molecule has 2 aromatic rings. The molecule has 2 aromatic heterocycles. The maximum absolute atomic E-state index is 9.55. The van der Waals surface area contributed by atoms with Crippen molar-refractivity contribution >= 4 is 11.3 Å². The van der Waals surface area contributed by atoms with Crippen molar-refractivity contribution in [3.05, 3.63) is 39.7 Å². The summed E-state index contributed by atoms with van der Waals surface area (Å²) in [5.41, 5.74) is 1.22. The second kappa shape index (κ2) is 5.45. The third-order valence-electron chi connectivity index (χ3n) is 3.53. The Labute approximate surface area is 116 Å². The monoisotopic (exact) mass is 278 g/mol. The molecule has 1 aliphatic carbocycles. The zero-order valence-electron chi connectivity index (χ0n) is 10.9. The van der Waals surface area contributed by atoms with Crippen molar-refractivity contribution < 1.29 is 9.52 Å². The minimum Gasteiger partial charge on any atom is -0.468 e. The van der Waals surface area contributed by atoms with Gasteiger partial charge in [-0.05, 0) is 38.3 Å². The van der Waals surface area contributed by atoms with Gasteiger partial charge in [0.25, 0.3) is 0 Å². The average Bonchev–Trinajstić information content (AvgIpc) is 3.03. The first-order chi connectivity index (χ1) is 9.28. The number of hydrogen-bond donors (Lipinski definition) is 2. The van der Waals surface area contributed by atoms with Gasteiger partial charge in [0.2, 0.25) is 0 Å². The summed E-state index contributed by atoms with van der Waals surface area (Å²) in [6.07, 6.45) is 4.95. The number of furan rings is 1.